The minimum atomic E-state index is -0.147. The topological polar surface area (TPSA) is 47.6 Å². The van der Waals surface area contributed by atoms with E-state index in [0.717, 1.165) is 28.9 Å². The normalized spacial score (nSPS) is 10.5. The van der Waals surface area contributed by atoms with Crippen molar-refractivity contribution in [2.75, 3.05) is 13.2 Å². The van der Waals surface area contributed by atoms with Gasteiger partial charge in [0.15, 0.2) is 6.61 Å². The second-order valence-electron chi connectivity index (χ2n) is 6.74. The summed E-state index contributed by atoms with van der Waals surface area (Å²) in [6.07, 6.45) is 0.767. The molecule has 3 rings (SSSR count). The minimum absolute atomic E-state index is 0.0145. The first-order valence-corrected chi connectivity index (χ1v) is 9.92. The standard InChI is InChI=1S/C25H27NO3/c1-2-28-18-23-14-7-6-13-22(23)17-26-25(27)19-29-24-15-9-8-12-21(24)16-20-10-4-3-5-11-20/h3-15H,2,16-19H2,1H3,(H,26,27). The summed E-state index contributed by atoms with van der Waals surface area (Å²) in [5.41, 5.74) is 4.41. The van der Waals surface area contributed by atoms with Gasteiger partial charge in [-0.05, 0) is 35.2 Å². The van der Waals surface area contributed by atoms with Crippen LogP contribution in [-0.2, 0) is 29.1 Å². The highest BCUT2D eigenvalue weighted by Gasteiger charge is 2.09. The molecule has 4 heteroatoms. The molecule has 4 nitrogen and oxygen atoms in total. The highest BCUT2D eigenvalue weighted by molar-refractivity contribution is 5.77. The van der Waals surface area contributed by atoms with Crippen LogP contribution >= 0.6 is 0 Å². The van der Waals surface area contributed by atoms with E-state index in [1.165, 1.54) is 5.56 Å². The van der Waals surface area contributed by atoms with Crippen molar-refractivity contribution in [1.82, 2.24) is 5.32 Å². The summed E-state index contributed by atoms with van der Waals surface area (Å²) >= 11 is 0. The second-order valence-corrected chi connectivity index (χ2v) is 6.74. The average molecular weight is 389 g/mol. The number of hydrogen-bond acceptors (Lipinski definition) is 3. The van der Waals surface area contributed by atoms with Crippen molar-refractivity contribution < 1.29 is 14.3 Å². The smallest absolute Gasteiger partial charge is 0.258 e. The van der Waals surface area contributed by atoms with Crippen molar-refractivity contribution in [2.45, 2.75) is 26.5 Å². The number of para-hydroxylation sites is 1. The van der Waals surface area contributed by atoms with Gasteiger partial charge >= 0.3 is 0 Å². The maximum atomic E-state index is 12.3. The van der Waals surface area contributed by atoms with Crippen LogP contribution < -0.4 is 10.1 Å². The Morgan fingerprint density at radius 1 is 0.828 bits per heavy atom. The molecule has 3 aromatic rings. The van der Waals surface area contributed by atoms with Gasteiger partial charge in [0.2, 0.25) is 0 Å². The second kappa shape index (κ2) is 11.0. The van der Waals surface area contributed by atoms with Crippen LogP contribution in [0.25, 0.3) is 0 Å². The summed E-state index contributed by atoms with van der Waals surface area (Å²) in [4.78, 5) is 12.3. The van der Waals surface area contributed by atoms with Crippen LogP contribution in [0, 0.1) is 0 Å². The lowest BCUT2D eigenvalue weighted by Crippen LogP contribution is -2.29. The molecule has 0 aliphatic rings. The van der Waals surface area contributed by atoms with Gasteiger partial charge in [-0.1, -0.05) is 72.8 Å². The average Bonchev–Trinajstić information content (AvgIpc) is 2.77. The van der Waals surface area contributed by atoms with E-state index in [1.54, 1.807) is 0 Å². The number of nitrogens with one attached hydrogen (secondary N) is 1. The van der Waals surface area contributed by atoms with Gasteiger partial charge in [0.1, 0.15) is 5.75 Å². The van der Waals surface area contributed by atoms with E-state index in [2.05, 4.69) is 17.4 Å². The Morgan fingerprint density at radius 2 is 1.48 bits per heavy atom. The lowest BCUT2D eigenvalue weighted by Gasteiger charge is -2.13. The zero-order valence-corrected chi connectivity index (χ0v) is 16.8. The van der Waals surface area contributed by atoms with Gasteiger partial charge < -0.3 is 14.8 Å². The van der Waals surface area contributed by atoms with Gasteiger partial charge in [-0.15, -0.1) is 0 Å². The molecule has 0 saturated carbocycles. The fourth-order valence-electron chi connectivity index (χ4n) is 3.08. The molecule has 0 fully saturated rings. The molecule has 0 aromatic heterocycles. The zero-order chi connectivity index (χ0) is 20.3. The van der Waals surface area contributed by atoms with E-state index in [4.69, 9.17) is 9.47 Å². The van der Waals surface area contributed by atoms with Crippen LogP contribution in [0.5, 0.6) is 5.75 Å². The third-order valence-electron chi connectivity index (χ3n) is 4.62. The van der Waals surface area contributed by atoms with Gasteiger partial charge in [0, 0.05) is 19.6 Å². The number of benzene rings is 3. The lowest BCUT2D eigenvalue weighted by molar-refractivity contribution is -0.123. The van der Waals surface area contributed by atoms with Gasteiger partial charge in [-0.25, -0.2) is 0 Å². The Bertz CT molecular complexity index is 909. The molecular formula is C25H27NO3. The predicted octanol–water partition coefficient (Wildman–Crippen LogP) is 4.51. The van der Waals surface area contributed by atoms with E-state index in [9.17, 15) is 4.79 Å². The Balaban J connectivity index is 1.54. The molecule has 1 N–H and O–H groups in total. The van der Waals surface area contributed by atoms with Crippen molar-refractivity contribution in [3.63, 3.8) is 0 Å². The SMILES string of the molecule is CCOCc1ccccc1CNC(=O)COc1ccccc1Cc1ccccc1. The van der Waals surface area contributed by atoms with E-state index in [1.807, 2.05) is 73.7 Å². The highest BCUT2D eigenvalue weighted by atomic mass is 16.5. The summed E-state index contributed by atoms with van der Waals surface area (Å²) in [5.74, 6) is 0.592. The zero-order valence-electron chi connectivity index (χ0n) is 16.8. The van der Waals surface area contributed by atoms with Gasteiger partial charge in [0.05, 0.1) is 6.61 Å². The Labute approximate surface area is 172 Å². The number of carbonyl (C=O) groups excluding carboxylic acids is 1. The quantitative estimate of drug-likeness (QED) is 0.555. The Kier molecular flexibility index (Phi) is 7.84. The third kappa shape index (κ3) is 6.47. The Morgan fingerprint density at radius 3 is 2.24 bits per heavy atom. The van der Waals surface area contributed by atoms with Gasteiger partial charge in [-0.3, -0.25) is 4.79 Å². The molecule has 0 unspecified atom stereocenters. The number of rotatable bonds is 10. The van der Waals surface area contributed by atoms with Crippen molar-refractivity contribution >= 4 is 5.91 Å². The Hall–Kier alpha value is -3.11. The van der Waals surface area contributed by atoms with E-state index in [-0.39, 0.29) is 12.5 Å². The van der Waals surface area contributed by atoms with Crippen LogP contribution in [0.2, 0.25) is 0 Å². The van der Waals surface area contributed by atoms with Crippen molar-refractivity contribution in [2.24, 2.45) is 0 Å². The fourth-order valence-corrected chi connectivity index (χ4v) is 3.08. The van der Waals surface area contributed by atoms with Gasteiger partial charge in [0.25, 0.3) is 5.91 Å². The lowest BCUT2D eigenvalue weighted by atomic mass is 10.0. The van der Waals surface area contributed by atoms with Crippen LogP contribution in [-0.4, -0.2) is 19.1 Å². The van der Waals surface area contributed by atoms with E-state index in [0.29, 0.717) is 19.8 Å². The fraction of sp³-hybridized carbons (Fsp3) is 0.240. The van der Waals surface area contributed by atoms with E-state index < -0.39 is 0 Å². The van der Waals surface area contributed by atoms with Crippen molar-refractivity contribution in [1.29, 1.82) is 0 Å². The number of amides is 1. The highest BCUT2D eigenvalue weighted by Crippen LogP contribution is 2.21. The first-order valence-electron chi connectivity index (χ1n) is 9.92. The summed E-state index contributed by atoms with van der Waals surface area (Å²) < 4.78 is 11.3. The van der Waals surface area contributed by atoms with Crippen LogP contribution in [0.3, 0.4) is 0 Å². The molecule has 1 amide bonds. The van der Waals surface area contributed by atoms with E-state index >= 15 is 0 Å². The monoisotopic (exact) mass is 389 g/mol. The molecule has 0 spiro atoms. The number of hydrogen-bond donors (Lipinski definition) is 1. The van der Waals surface area contributed by atoms with Crippen molar-refractivity contribution in [3.05, 3.63) is 101 Å². The molecule has 0 atom stereocenters. The third-order valence-corrected chi connectivity index (χ3v) is 4.62. The minimum Gasteiger partial charge on any atom is -0.483 e. The largest absolute Gasteiger partial charge is 0.483 e. The summed E-state index contributed by atoms with van der Waals surface area (Å²) in [6, 6.07) is 26.0. The molecule has 0 saturated heterocycles. The summed E-state index contributed by atoms with van der Waals surface area (Å²) in [7, 11) is 0. The molecular weight excluding hydrogens is 362 g/mol. The molecule has 0 heterocycles. The molecule has 0 radical (unpaired) electrons. The van der Waals surface area contributed by atoms with Gasteiger partial charge in [-0.2, -0.15) is 0 Å². The number of carbonyl (C=O) groups is 1. The molecule has 150 valence electrons. The summed E-state index contributed by atoms with van der Waals surface area (Å²) in [6.45, 7) is 3.62. The maximum Gasteiger partial charge on any atom is 0.258 e. The molecule has 3 aromatic carbocycles. The van der Waals surface area contributed by atoms with Crippen molar-refractivity contribution in [3.8, 4) is 5.75 Å². The first kappa shape index (κ1) is 20.6. The molecule has 0 aliphatic heterocycles. The molecule has 0 bridgehead atoms. The molecule has 29 heavy (non-hydrogen) atoms. The van der Waals surface area contributed by atoms with Crippen LogP contribution in [0.4, 0.5) is 0 Å². The first-order chi connectivity index (χ1) is 14.3. The predicted molar refractivity (Wildman–Crippen MR) is 115 cm³/mol. The van der Waals surface area contributed by atoms with Crippen LogP contribution in [0.15, 0.2) is 78.9 Å². The molecule has 0 aliphatic carbocycles. The van der Waals surface area contributed by atoms with Crippen LogP contribution in [0.1, 0.15) is 29.2 Å². The summed E-state index contributed by atoms with van der Waals surface area (Å²) in [5, 5.41) is 2.94. The number of ether oxygens (including phenoxy) is 2. The maximum absolute atomic E-state index is 12.3.